The molecule has 0 bridgehead atoms. The lowest BCUT2D eigenvalue weighted by atomic mass is 9.87. The van der Waals surface area contributed by atoms with Crippen LogP contribution < -0.4 is 10.6 Å². The van der Waals surface area contributed by atoms with Gasteiger partial charge in [0, 0.05) is 27.2 Å². The Kier molecular flexibility index (Phi) is 5.24. The minimum absolute atomic E-state index is 0.0427. The number of aromatic nitrogens is 2. The Labute approximate surface area is 156 Å². The first-order valence-corrected chi connectivity index (χ1v) is 9.62. The van der Waals surface area contributed by atoms with Crippen LogP contribution in [0.2, 0.25) is 0 Å². The van der Waals surface area contributed by atoms with E-state index in [1.807, 2.05) is 32.8 Å². The van der Waals surface area contributed by atoms with E-state index >= 15 is 0 Å². The molecular formula is C16H25N7O2S. The number of amides is 2. The monoisotopic (exact) mass is 379 g/mol. The van der Waals surface area contributed by atoms with Gasteiger partial charge in [0.2, 0.25) is 17.0 Å². The van der Waals surface area contributed by atoms with E-state index in [9.17, 15) is 9.59 Å². The number of hydrogen-bond donors (Lipinski definition) is 2. The molecule has 3 heterocycles. The Balaban J connectivity index is 1.59. The fraction of sp³-hybridized carbons (Fsp3) is 0.688. The van der Waals surface area contributed by atoms with Gasteiger partial charge in [0.05, 0.1) is 6.04 Å². The zero-order valence-corrected chi connectivity index (χ0v) is 16.4. The molecule has 1 spiro atoms. The van der Waals surface area contributed by atoms with E-state index in [2.05, 4.69) is 30.7 Å². The molecule has 2 amide bonds. The van der Waals surface area contributed by atoms with E-state index in [-0.39, 0.29) is 17.9 Å². The highest BCUT2D eigenvalue weighted by Gasteiger charge is 2.47. The Morgan fingerprint density at radius 3 is 2.62 bits per heavy atom. The molecule has 1 saturated heterocycles. The Morgan fingerprint density at radius 1 is 1.38 bits per heavy atom. The minimum Gasteiger partial charge on any atom is -0.349 e. The molecule has 1 unspecified atom stereocenters. The second-order valence-electron chi connectivity index (χ2n) is 6.87. The van der Waals surface area contributed by atoms with Gasteiger partial charge in [0.15, 0.2) is 0 Å². The number of aryl methyl sites for hydroxylation is 1. The number of carbonyl (C=O) groups is 2. The van der Waals surface area contributed by atoms with Crippen LogP contribution in [-0.2, 0) is 16.0 Å². The van der Waals surface area contributed by atoms with Crippen molar-refractivity contribution in [2.75, 3.05) is 32.5 Å². The maximum atomic E-state index is 12.5. The summed E-state index contributed by atoms with van der Waals surface area (Å²) >= 11 is 1.40. The van der Waals surface area contributed by atoms with Crippen molar-refractivity contribution in [2.45, 2.75) is 44.7 Å². The first kappa shape index (κ1) is 18.7. The van der Waals surface area contributed by atoms with Crippen molar-refractivity contribution >= 4 is 34.2 Å². The van der Waals surface area contributed by atoms with E-state index in [1.165, 1.54) is 11.3 Å². The van der Waals surface area contributed by atoms with Crippen LogP contribution in [0.25, 0.3) is 0 Å². The summed E-state index contributed by atoms with van der Waals surface area (Å²) in [7, 11) is 3.72. The van der Waals surface area contributed by atoms with Crippen molar-refractivity contribution in [3.8, 4) is 0 Å². The van der Waals surface area contributed by atoms with Gasteiger partial charge in [-0.3, -0.25) is 25.1 Å². The average molecular weight is 379 g/mol. The molecule has 142 valence electrons. The third kappa shape index (κ3) is 3.56. The van der Waals surface area contributed by atoms with Gasteiger partial charge < -0.3 is 4.90 Å². The summed E-state index contributed by atoms with van der Waals surface area (Å²) in [5.41, 5.74) is -0.693. The number of nitrogens with one attached hydrogen (secondary N) is 2. The van der Waals surface area contributed by atoms with E-state index in [4.69, 9.17) is 0 Å². The summed E-state index contributed by atoms with van der Waals surface area (Å²) < 4.78 is 0. The molecule has 2 aliphatic rings. The molecule has 3 rings (SSSR count). The van der Waals surface area contributed by atoms with Gasteiger partial charge in [-0.05, 0) is 26.2 Å². The third-order valence-corrected chi connectivity index (χ3v) is 5.93. The first-order chi connectivity index (χ1) is 12.3. The molecule has 9 nitrogen and oxygen atoms in total. The summed E-state index contributed by atoms with van der Waals surface area (Å²) in [6.07, 6.45) is 2.01. The number of likely N-dealkylation sites (tertiary alicyclic amines) is 1. The molecule has 26 heavy (non-hydrogen) atoms. The minimum atomic E-state index is -0.693. The predicted molar refractivity (Wildman–Crippen MR) is 100 cm³/mol. The standard InChI is InChI=1S/C16H25N7O2S/c1-5-11-20-21-15(26-11)17-12(24)10(2)23-8-6-16(7-9-23)13(25)18-14(19-16)22(3)4/h10H,5-9H2,1-4H3,(H,17,21,24)(H,18,19,25). The van der Waals surface area contributed by atoms with Crippen molar-refractivity contribution in [3.05, 3.63) is 5.01 Å². The Hall–Kier alpha value is -2.07. The second-order valence-corrected chi connectivity index (χ2v) is 7.93. The SMILES string of the molecule is CCc1nnc(NC(=O)C(C)N2CCC3(CC2)N=C(N(C)C)NC3=O)s1. The summed E-state index contributed by atoms with van der Waals surface area (Å²) in [5.74, 6) is 0.462. The molecule has 1 fully saturated rings. The predicted octanol–water partition coefficient (Wildman–Crippen LogP) is 0.310. The third-order valence-electron chi connectivity index (χ3n) is 4.94. The number of piperidine rings is 1. The maximum absolute atomic E-state index is 12.5. The van der Waals surface area contributed by atoms with Crippen molar-refractivity contribution in [2.24, 2.45) is 4.99 Å². The van der Waals surface area contributed by atoms with Crippen LogP contribution >= 0.6 is 11.3 Å². The van der Waals surface area contributed by atoms with Gasteiger partial charge in [-0.15, -0.1) is 10.2 Å². The molecule has 0 saturated carbocycles. The fourth-order valence-electron chi connectivity index (χ4n) is 3.15. The lowest BCUT2D eigenvalue weighted by Gasteiger charge is -2.37. The fourth-order valence-corrected chi connectivity index (χ4v) is 3.84. The number of rotatable bonds is 4. The number of anilines is 1. The van der Waals surface area contributed by atoms with Crippen LogP contribution in [0.5, 0.6) is 0 Å². The molecule has 1 aromatic rings. The second kappa shape index (κ2) is 7.28. The molecule has 0 radical (unpaired) electrons. The van der Waals surface area contributed by atoms with Crippen LogP contribution in [-0.4, -0.2) is 76.5 Å². The topological polar surface area (TPSA) is 103 Å². The normalized spacial score (nSPS) is 20.6. The summed E-state index contributed by atoms with van der Waals surface area (Å²) in [6, 6.07) is -0.303. The zero-order chi connectivity index (χ0) is 18.9. The molecule has 1 aromatic heterocycles. The quantitative estimate of drug-likeness (QED) is 0.781. The van der Waals surface area contributed by atoms with Crippen LogP contribution in [0.4, 0.5) is 5.13 Å². The largest absolute Gasteiger partial charge is 0.349 e. The summed E-state index contributed by atoms with van der Waals surface area (Å²) in [6.45, 7) is 5.16. The van der Waals surface area contributed by atoms with E-state index in [0.29, 0.717) is 37.0 Å². The highest BCUT2D eigenvalue weighted by atomic mass is 32.1. The number of aliphatic imine (C=N–C) groups is 1. The van der Waals surface area contributed by atoms with Crippen LogP contribution in [0.3, 0.4) is 0 Å². The van der Waals surface area contributed by atoms with Crippen molar-refractivity contribution in [1.29, 1.82) is 0 Å². The van der Waals surface area contributed by atoms with E-state index in [1.54, 1.807) is 0 Å². The zero-order valence-electron chi connectivity index (χ0n) is 15.6. The molecular weight excluding hydrogens is 354 g/mol. The summed E-state index contributed by atoms with van der Waals surface area (Å²) in [5, 5.41) is 15.1. The Bertz CT molecular complexity index is 722. The van der Waals surface area contributed by atoms with Gasteiger partial charge in [-0.2, -0.15) is 0 Å². The first-order valence-electron chi connectivity index (χ1n) is 8.80. The van der Waals surface area contributed by atoms with Crippen molar-refractivity contribution < 1.29 is 9.59 Å². The van der Waals surface area contributed by atoms with Crippen molar-refractivity contribution in [1.82, 2.24) is 25.3 Å². The van der Waals surface area contributed by atoms with Crippen LogP contribution in [0.15, 0.2) is 4.99 Å². The molecule has 2 N–H and O–H groups in total. The lowest BCUT2D eigenvalue weighted by molar-refractivity contribution is -0.126. The maximum Gasteiger partial charge on any atom is 0.254 e. The number of hydrogen-bond acceptors (Lipinski definition) is 8. The smallest absolute Gasteiger partial charge is 0.254 e. The van der Waals surface area contributed by atoms with Crippen LogP contribution in [0.1, 0.15) is 31.7 Å². The van der Waals surface area contributed by atoms with E-state index in [0.717, 1.165) is 11.4 Å². The molecule has 0 aromatic carbocycles. The average Bonchev–Trinajstić information content (AvgIpc) is 3.20. The lowest BCUT2D eigenvalue weighted by Crippen LogP contribution is -2.53. The molecule has 10 heteroatoms. The highest BCUT2D eigenvalue weighted by Crippen LogP contribution is 2.31. The molecule has 1 atom stereocenters. The van der Waals surface area contributed by atoms with Crippen molar-refractivity contribution in [3.63, 3.8) is 0 Å². The van der Waals surface area contributed by atoms with Gasteiger partial charge in [0.1, 0.15) is 10.5 Å². The van der Waals surface area contributed by atoms with Gasteiger partial charge in [-0.1, -0.05) is 18.3 Å². The van der Waals surface area contributed by atoms with E-state index < -0.39 is 5.54 Å². The van der Waals surface area contributed by atoms with Gasteiger partial charge in [-0.25, -0.2) is 4.99 Å². The number of guanidine groups is 1. The Morgan fingerprint density at radius 2 is 2.08 bits per heavy atom. The molecule has 0 aliphatic carbocycles. The number of carbonyl (C=O) groups excluding carboxylic acids is 2. The molecule has 2 aliphatic heterocycles. The van der Waals surface area contributed by atoms with Crippen LogP contribution in [0, 0.1) is 0 Å². The summed E-state index contributed by atoms with van der Waals surface area (Å²) in [4.78, 5) is 33.4. The number of nitrogens with zero attached hydrogens (tertiary/aromatic N) is 5. The van der Waals surface area contributed by atoms with Gasteiger partial charge in [0.25, 0.3) is 5.91 Å². The highest BCUT2D eigenvalue weighted by molar-refractivity contribution is 7.15. The van der Waals surface area contributed by atoms with Gasteiger partial charge >= 0.3 is 0 Å².